The van der Waals surface area contributed by atoms with Crippen molar-refractivity contribution in [2.75, 3.05) is 0 Å². The molecule has 0 aliphatic heterocycles. The quantitative estimate of drug-likeness (QED) is 0.479. The second-order valence-electron chi connectivity index (χ2n) is 10.7. The summed E-state index contributed by atoms with van der Waals surface area (Å²) in [6.07, 6.45) is 17.6. The maximum Gasteiger partial charge on any atom is 0.0927 e. The van der Waals surface area contributed by atoms with Crippen LogP contribution in [0.15, 0.2) is 35.2 Å². The Hall–Kier alpha value is -0.930. The van der Waals surface area contributed by atoms with E-state index in [9.17, 15) is 14.6 Å². The van der Waals surface area contributed by atoms with Crippen molar-refractivity contribution in [3.63, 3.8) is 0 Å². The Balaban J connectivity index is 1.66. The van der Waals surface area contributed by atoms with Gasteiger partial charge in [-0.2, -0.15) is 0 Å². The van der Waals surface area contributed by atoms with Crippen molar-refractivity contribution >= 4 is 0 Å². The largest absolute Gasteiger partial charge is 0.390 e. The summed E-state index contributed by atoms with van der Waals surface area (Å²) < 4.78 is 13.3. The molecule has 29 heavy (non-hydrogen) atoms. The first-order chi connectivity index (χ1) is 13.7. The molecule has 3 fully saturated rings. The molecule has 0 aromatic carbocycles. The minimum absolute atomic E-state index is 0.391. The van der Waals surface area contributed by atoms with Gasteiger partial charge in [0, 0.05) is 5.57 Å². The van der Waals surface area contributed by atoms with Crippen LogP contribution in [-0.4, -0.2) is 21.9 Å². The van der Waals surface area contributed by atoms with E-state index in [0.717, 1.165) is 43.6 Å². The Morgan fingerprint density at radius 3 is 2.62 bits per heavy atom. The highest BCUT2D eigenvalue weighted by atomic mass is 19.1. The second kappa shape index (κ2) is 9.47. The van der Waals surface area contributed by atoms with Gasteiger partial charge in [-0.05, 0) is 101 Å². The van der Waals surface area contributed by atoms with Crippen LogP contribution in [0.1, 0.15) is 97.8 Å². The normalized spacial score (nSPS) is 37.4. The van der Waals surface area contributed by atoms with Crippen LogP contribution in [0, 0.1) is 17.3 Å². The summed E-state index contributed by atoms with van der Waals surface area (Å²) in [5.74, 6) is 1.43. The Labute approximate surface area is 177 Å². The number of hydrogen-bond donors (Lipinski definition) is 2. The van der Waals surface area contributed by atoms with E-state index in [0.29, 0.717) is 29.7 Å². The van der Waals surface area contributed by atoms with E-state index < -0.39 is 11.7 Å². The van der Waals surface area contributed by atoms with Gasteiger partial charge < -0.3 is 10.2 Å². The summed E-state index contributed by atoms with van der Waals surface area (Å²) in [6, 6.07) is 0. The molecule has 3 saturated carbocycles. The van der Waals surface area contributed by atoms with E-state index in [-0.39, 0.29) is 0 Å². The molecule has 3 aliphatic carbocycles. The molecule has 0 bridgehead atoms. The minimum Gasteiger partial charge on any atom is -0.390 e. The van der Waals surface area contributed by atoms with E-state index in [4.69, 9.17) is 0 Å². The van der Waals surface area contributed by atoms with Crippen molar-refractivity contribution in [2.45, 2.75) is 110 Å². The molecule has 3 rings (SSSR count). The third-order valence-corrected chi connectivity index (χ3v) is 8.02. The van der Waals surface area contributed by atoms with Gasteiger partial charge in [0.2, 0.25) is 0 Å². The van der Waals surface area contributed by atoms with Gasteiger partial charge in [0.05, 0.1) is 18.0 Å². The van der Waals surface area contributed by atoms with Crippen LogP contribution >= 0.6 is 0 Å². The molecule has 2 nitrogen and oxygen atoms in total. The third-order valence-electron chi connectivity index (χ3n) is 8.02. The standard InChI is InChI=1S/C26H41FO2/c1-25(2,29)16-5-4-10-21-14-15-23-20(9-7-17-26(21,23)3)13-12-19-8-6-11-24(28)22(19)18-27/h12-13,18,21,23-24,28-29H,4-11,14-17H2,1-3H3/b19-12-,20-13+,22-18-/t21?,23?,24-,26?/m0/s1. The SMILES string of the molecule is CC(C)(O)CCCCC1CCC2/C(=C/C=C3/CCC[C@H](O)/C3=C\F)CCCC12C. The maximum atomic E-state index is 13.3. The lowest BCUT2D eigenvalue weighted by atomic mass is 9.62. The van der Waals surface area contributed by atoms with Gasteiger partial charge in [0.15, 0.2) is 0 Å². The van der Waals surface area contributed by atoms with Crippen molar-refractivity contribution in [2.24, 2.45) is 17.3 Å². The Kier molecular flexibility index (Phi) is 7.43. The van der Waals surface area contributed by atoms with E-state index in [2.05, 4.69) is 19.1 Å². The molecule has 4 atom stereocenters. The highest BCUT2D eigenvalue weighted by Gasteiger charge is 2.48. The summed E-state index contributed by atoms with van der Waals surface area (Å²) >= 11 is 0. The van der Waals surface area contributed by atoms with Crippen LogP contribution in [0.5, 0.6) is 0 Å². The zero-order valence-electron chi connectivity index (χ0n) is 18.7. The summed E-state index contributed by atoms with van der Waals surface area (Å²) in [7, 11) is 0. The molecule has 3 unspecified atom stereocenters. The number of rotatable bonds is 6. The van der Waals surface area contributed by atoms with Crippen molar-refractivity contribution in [1.29, 1.82) is 0 Å². The smallest absolute Gasteiger partial charge is 0.0927 e. The fourth-order valence-corrected chi connectivity index (χ4v) is 6.30. The van der Waals surface area contributed by atoms with Crippen LogP contribution in [-0.2, 0) is 0 Å². The van der Waals surface area contributed by atoms with Crippen molar-refractivity contribution in [3.05, 3.63) is 35.2 Å². The van der Waals surface area contributed by atoms with Gasteiger partial charge in [0.1, 0.15) is 0 Å². The van der Waals surface area contributed by atoms with Crippen molar-refractivity contribution < 1.29 is 14.6 Å². The summed E-state index contributed by atoms with van der Waals surface area (Å²) in [5, 5.41) is 20.0. The lowest BCUT2D eigenvalue weighted by Gasteiger charge is -2.42. The highest BCUT2D eigenvalue weighted by molar-refractivity contribution is 5.38. The molecule has 0 spiro atoms. The van der Waals surface area contributed by atoms with Crippen LogP contribution in [0.2, 0.25) is 0 Å². The molecule has 0 aromatic heterocycles. The average Bonchev–Trinajstić information content (AvgIpc) is 2.99. The van der Waals surface area contributed by atoms with E-state index >= 15 is 0 Å². The first-order valence-corrected chi connectivity index (χ1v) is 11.9. The molecular weight excluding hydrogens is 363 g/mol. The summed E-state index contributed by atoms with van der Waals surface area (Å²) in [4.78, 5) is 0. The monoisotopic (exact) mass is 404 g/mol. The van der Waals surface area contributed by atoms with Crippen molar-refractivity contribution in [3.8, 4) is 0 Å². The molecule has 0 aromatic rings. The van der Waals surface area contributed by atoms with Crippen LogP contribution in [0.4, 0.5) is 4.39 Å². The fraction of sp³-hybridized carbons (Fsp3) is 0.769. The number of allylic oxidation sites excluding steroid dienone is 3. The number of aliphatic hydroxyl groups is 2. The Morgan fingerprint density at radius 2 is 1.90 bits per heavy atom. The van der Waals surface area contributed by atoms with Crippen LogP contribution < -0.4 is 0 Å². The molecule has 0 heterocycles. The predicted octanol–water partition coefficient (Wildman–Crippen LogP) is 6.79. The van der Waals surface area contributed by atoms with E-state index in [1.807, 2.05) is 13.8 Å². The number of halogens is 1. The maximum absolute atomic E-state index is 13.3. The average molecular weight is 405 g/mol. The zero-order valence-corrected chi connectivity index (χ0v) is 18.7. The second-order valence-corrected chi connectivity index (χ2v) is 10.7. The van der Waals surface area contributed by atoms with Crippen LogP contribution in [0.25, 0.3) is 0 Å². The number of unbranched alkanes of at least 4 members (excludes halogenated alkanes) is 1. The molecule has 3 heteroatoms. The molecule has 0 saturated heterocycles. The third kappa shape index (κ3) is 5.41. The highest BCUT2D eigenvalue weighted by Crippen LogP contribution is 2.58. The molecule has 0 amide bonds. The van der Waals surface area contributed by atoms with Crippen molar-refractivity contribution in [1.82, 2.24) is 0 Å². The lowest BCUT2D eigenvalue weighted by Crippen LogP contribution is -2.33. The zero-order chi connectivity index (χ0) is 21.1. The van der Waals surface area contributed by atoms with Gasteiger partial charge in [-0.3, -0.25) is 0 Å². The number of hydrogen-bond acceptors (Lipinski definition) is 2. The van der Waals surface area contributed by atoms with Gasteiger partial charge in [-0.1, -0.05) is 37.5 Å². The topological polar surface area (TPSA) is 40.5 Å². The van der Waals surface area contributed by atoms with E-state index in [1.54, 1.807) is 5.57 Å². The molecule has 164 valence electrons. The van der Waals surface area contributed by atoms with Gasteiger partial charge in [-0.15, -0.1) is 0 Å². The number of fused-ring (bicyclic) bond motifs is 1. The van der Waals surface area contributed by atoms with Gasteiger partial charge in [-0.25, -0.2) is 4.39 Å². The first-order valence-electron chi connectivity index (χ1n) is 11.9. The fourth-order valence-electron chi connectivity index (χ4n) is 6.30. The predicted molar refractivity (Wildman–Crippen MR) is 118 cm³/mol. The lowest BCUT2D eigenvalue weighted by molar-refractivity contribution is 0.0660. The molecule has 2 N–H and O–H groups in total. The Bertz CT molecular complexity index is 654. The van der Waals surface area contributed by atoms with Crippen LogP contribution in [0.3, 0.4) is 0 Å². The Morgan fingerprint density at radius 1 is 1.10 bits per heavy atom. The summed E-state index contributed by atoms with van der Waals surface area (Å²) in [6.45, 7) is 6.31. The molecular formula is C26H41FO2. The molecule has 0 radical (unpaired) electrons. The minimum atomic E-state index is -0.644. The van der Waals surface area contributed by atoms with E-state index in [1.165, 1.54) is 38.5 Å². The number of aliphatic hydroxyl groups excluding tert-OH is 1. The molecule has 3 aliphatic rings. The van der Waals surface area contributed by atoms with Gasteiger partial charge in [0.25, 0.3) is 0 Å². The van der Waals surface area contributed by atoms with Gasteiger partial charge >= 0.3 is 0 Å². The summed E-state index contributed by atoms with van der Waals surface area (Å²) in [5.41, 5.74) is 2.86. The first kappa shape index (κ1) is 22.7.